The predicted molar refractivity (Wildman–Crippen MR) is 65.1 cm³/mol. The van der Waals surface area contributed by atoms with Crippen molar-refractivity contribution in [2.75, 3.05) is 0 Å². The second-order valence-electron chi connectivity index (χ2n) is 4.20. The van der Waals surface area contributed by atoms with Crippen molar-refractivity contribution < 1.29 is 14.7 Å². The number of benzene rings is 1. The Balaban J connectivity index is 2.74. The van der Waals surface area contributed by atoms with Gasteiger partial charge in [0.2, 0.25) is 0 Å². The molecule has 3 N–H and O–H groups in total. The van der Waals surface area contributed by atoms with E-state index in [-0.39, 0.29) is 18.6 Å². The molecule has 0 saturated heterocycles. The SMILES string of the molecule is Cc1ccc(C(=O)C(N)CCC(=O)O)cc1C. The Morgan fingerprint density at radius 2 is 1.94 bits per heavy atom. The minimum Gasteiger partial charge on any atom is -0.481 e. The Kier molecular flexibility index (Phi) is 4.40. The van der Waals surface area contributed by atoms with Gasteiger partial charge in [0.15, 0.2) is 5.78 Å². The van der Waals surface area contributed by atoms with Gasteiger partial charge >= 0.3 is 5.97 Å². The fraction of sp³-hybridized carbons (Fsp3) is 0.385. The fourth-order valence-corrected chi connectivity index (χ4v) is 1.52. The second-order valence-corrected chi connectivity index (χ2v) is 4.20. The maximum Gasteiger partial charge on any atom is 0.303 e. The summed E-state index contributed by atoms with van der Waals surface area (Å²) in [5.41, 5.74) is 8.36. The molecule has 1 unspecified atom stereocenters. The van der Waals surface area contributed by atoms with Gasteiger partial charge in [-0.3, -0.25) is 9.59 Å². The van der Waals surface area contributed by atoms with Gasteiger partial charge in [-0.1, -0.05) is 12.1 Å². The molecule has 92 valence electrons. The number of Topliss-reactive ketones (excluding diaryl/α,β-unsaturated/α-hetero) is 1. The zero-order valence-electron chi connectivity index (χ0n) is 10.1. The Hall–Kier alpha value is -1.68. The molecule has 0 fully saturated rings. The van der Waals surface area contributed by atoms with Crippen molar-refractivity contribution >= 4 is 11.8 Å². The van der Waals surface area contributed by atoms with Gasteiger partial charge in [-0.15, -0.1) is 0 Å². The molecule has 4 nitrogen and oxygen atoms in total. The summed E-state index contributed by atoms with van der Waals surface area (Å²) in [7, 11) is 0. The number of hydrogen-bond acceptors (Lipinski definition) is 3. The maximum atomic E-state index is 11.9. The van der Waals surface area contributed by atoms with Crippen LogP contribution in [0.15, 0.2) is 18.2 Å². The molecule has 0 amide bonds. The van der Waals surface area contributed by atoms with Gasteiger partial charge in [-0.25, -0.2) is 0 Å². The molecular formula is C13H17NO3. The van der Waals surface area contributed by atoms with E-state index in [1.54, 1.807) is 12.1 Å². The van der Waals surface area contributed by atoms with Gasteiger partial charge in [0.05, 0.1) is 6.04 Å². The molecule has 0 aliphatic carbocycles. The van der Waals surface area contributed by atoms with Gasteiger partial charge in [0.25, 0.3) is 0 Å². The van der Waals surface area contributed by atoms with E-state index in [9.17, 15) is 9.59 Å². The molecule has 0 aliphatic rings. The topological polar surface area (TPSA) is 80.4 Å². The lowest BCUT2D eigenvalue weighted by Crippen LogP contribution is -2.31. The summed E-state index contributed by atoms with van der Waals surface area (Å²) in [5, 5.41) is 8.53. The summed E-state index contributed by atoms with van der Waals surface area (Å²) in [4.78, 5) is 22.3. The fourth-order valence-electron chi connectivity index (χ4n) is 1.52. The molecule has 1 aromatic rings. The average Bonchev–Trinajstić information content (AvgIpc) is 2.28. The molecule has 1 aromatic carbocycles. The molecule has 4 heteroatoms. The Labute approximate surface area is 100 Å². The van der Waals surface area contributed by atoms with Crippen LogP contribution in [0.3, 0.4) is 0 Å². The monoisotopic (exact) mass is 235 g/mol. The van der Waals surface area contributed by atoms with Crippen molar-refractivity contribution in [2.45, 2.75) is 32.7 Å². The van der Waals surface area contributed by atoms with Crippen molar-refractivity contribution in [1.29, 1.82) is 0 Å². The van der Waals surface area contributed by atoms with Crippen molar-refractivity contribution in [3.8, 4) is 0 Å². The Morgan fingerprint density at radius 1 is 1.29 bits per heavy atom. The van der Waals surface area contributed by atoms with E-state index in [4.69, 9.17) is 10.8 Å². The van der Waals surface area contributed by atoms with Crippen LogP contribution in [0.2, 0.25) is 0 Å². The Morgan fingerprint density at radius 3 is 2.47 bits per heavy atom. The first-order valence-corrected chi connectivity index (χ1v) is 5.50. The molecule has 0 heterocycles. The van der Waals surface area contributed by atoms with Crippen LogP contribution in [0.1, 0.15) is 34.3 Å². The number of carboxylic acid groups (broad SMARTS) is 1. The first-order valence-electron chi connectivity index (χ1n) is 5.50. The van der Waals surface area contributed by atoms with Crippen LogP contribution in [-0.2, 0) is 4.79 Å². The quantitative estimate of drug-likeness (QED) is 0.761. The first kappa shape index (κ1) is 13.4. The number of hydrogen-bond donors (Lipinski definition) is 2. The number of nitrogens with two attached hydrogens (primary N) is 1. The lowest BCUT2D eigenvalue weighted by Gasteiger charge is -2.10. The highest BCUT2D eigenvalue weighted by molar-refractivity contribution is 6.00. The summed E-state index contributed by atoms with van der Waals surface area (Å²) in [6, 6.07) is 4.64. The largest absolute Gasteiger partial charge is 0.481 e. The highest BCUT2D eigenvalue weighted by Crippen LogP contribution is 2.12. The van der Waals surface area contributed by atoms with Gasteiger partial charge in [-0.05, 0) is 37.5 Å². The van der Waals surface area contributed by atoms with Crippen molar-refractivity contribution in [3.05, 3.63) is 34.9 Å². The highest BCUT2D eigenvalue weighted by Gasteiger charge is 2.17. The van der Waals surface area contributed by atoms with E-state index in [0.717, 1.165) is 11.1 Å². The summed E-state index contributed by atoms with van der Waals surface area (Å²) in [5.74, 6) is -1.14. The van der Waals surface area contributed by atoms with E-state index in [2.05, 4.69) is 0 Å². The molecule has 1 rings (SSSR count). The van der Waals surface area contributed by atoms with E-state index in [0.29, 0.717) is 5.56 Å². The zero-order chi connectivity index (χ0) is 13.0. The molecule has 0 saturated carbocycles. The van der Waals surface area contributed by atoms with Crippen molar-refractivity contribution in [2.24, 2.45) is 5.73 Å². The molecule has 17 heavy (non-hydrogen) atoms. The van der Waals surface area contributed by atoms with Gasteiger partial charge in [-0.2, -0.15) is 0 Å². The van der Waals surface area contributed by atoms with E-state index >= 15 is 0 Å². The number of aryl methyl sites for hydroxylation is 2. The number of ketones is 1. The molecule has 0 bridgehead atoms. The third-order valence-corrected chi connectivity index (χ3v) is 2.80. The predicted octanol–water partition coefficient (Wildman–Crippen LogP) is 1.68. The van der Waals surface area contributed by atoms with Gasteiger partial charge in [0.1, 0.15) is 0 Å². The van der Waals surface area contributed by atoms with E-state index in [1.807, 2.05) is 19.9 Å². The number of rotatable bonds is 5. The number of aliphatic carboxylic acids is 1. The summed E-state index contributed by atoms with van der Waals surface area (Å²) >= 11 is 0. The van der Waals surface area contributed by atoms with Crippen LogP contribution >= 0.6 is 0 Å². The van der Waals surface area contributed by atoms with Crippen LogP contribution in [-0.4, -0.2) is 22.9 Å². The van der Waals surface area contributed by atoms with Gasteiger partial charge in [0, 0.05) is 12.0 Å². The standard InChI is InChI=1S/C13H17NO3/c1-8-3-4-10(7-9(8)2)13(17)11(14)5-6-12(15)16/h3-4,7,11H,5-6,14H2,1-2H3,(H,15,16). The molecule has 1 atom stereocenters. The third-order valence-electron chi connectivity index (χ3n) is 2.80. The van der Waals surface area contributed by atoms with Crippen LogP contribution in [0.4, 0.5) is 0 Å². The van der Waals surface area contributed by atoms with Crippen molar-refractivity contribution in [1.82, 2.24) is 0 Å². The van der Waals surface area contributed by atoms with Gasteiger partial charge < -0.3 is 10.8 Å². The number of carbonyl (C=O) groups excluding carboxylic acids is 1. The molecule has 0 aromatic heterocycles. The van der Waals surface area contributed by atoms with Crippen LogP contribution in [0, 0.1) is 13.8 Å². The van der Waals surface area contributed by atoms with Crippen LogP contribution in [0.5, 0.6) is 0 Å². The van der Waals surface area contributed by atoms with E-state index in [1.165, 1.54) is 0 Å². The molecule has 0 aliphatic heterocycles. The summed E-state index contributed by atoms with van der Waals surface area (Å²) in [6.07, 6.45) is 0.0822. The minimum atomic E-state index is -0.937. The molecule has 0 radical (unpaired) electrons. The summed E-state index contributed by atoms with van der Waals surface area (Å²) in [6.45, 7) is 3.89. The highest BCUT2D eigenvalue weighted by atomic mass is 16.4. The average molecular weight is 235 g/mol. The maximum absolute atomic E-state index is 11.9. The van der Waals surface area contributed by atoms with Crippen LogP contribution < -0.4 is 5.73 Å². The normalized spacial score (nSPS) is 12.2. The first-order chi connectivity index (χ1) is 7.91. The van der Waals surface area contributed by atoms with E-state index < -0.39 is 12.0 Å². The third kappa shape index (κ3) is 3.67. The lowest BCUT2D eigenvalue weighted by atomic mass is 9.98. The number of carboxylic acids is 1. The lowest BCUT2D eigenvalue weighted by molar-refractivity contribution is -0.137. The number of carbonyl (C=O) groups is 2. The summed E-state index contributed by atoms with van der Waals surface area (Å²) < 4.78 is 0. The smallest absolute Gasteiger partial charge is 0.303 e. The van der Waals surface area contributed by atoms with Crippen LogP contribution in [0.25, 0.3) is 0 Å². The Bertz CT molecular complexity index is 440. The second kappa shape index (κ2) is 5.59. The molecular weight excluding hydrogens is 218 g/mol. The zero-order valence-corrected chi connectivity index (χ0v) is 10.1. The minimum absolute atomic E-state index is 0.0856. The molecule has 0 spiro atoms. The van der Waals surface area contributed by atoms with Crippen molar-refractivity contribution in [3.63, 3.8) is 0 Å².